The Morgan fingerprint density at radius 2 is 1.77 bits per heavy atom. The van der Waals surface area contributed by atoms with Gasteiger partial charge in [-0.15, -0.1) is 0 Å². The zero-order chi connectivity index (χ0) is 22.6. The highest BCUT2D eigenvalue weighted by Gasteiger charge is 2.31. The Labute approximate surface area is 182 Å². The molecule has 166 valence electrons. The van der Waals surface area contributed by atoms with Crippen molar-refractivity contribution in [3.05, 3.63) is 59.2 Å². The first-order chi connectivity index (χ1) is 14.7. The van der Waals surface area contributed by atoms with Gasteiger partial charge in [0.25, 0.3) is 5.91 Å². The standard InChI is InChI=1S/C22H27N3O5S/c1-16-8-9-17(2)19(14-16)23-21(26)15-24(3)22(27)18-6-4-5-7-20(18)31(28,29)25-10-12-30-13-11-25/h4-9,14H,10-13,15H2,1-3H3,(H,23,26). The molecular weight excluding hydrogens is 418 g/mol. The molecule has 9 heteroatoms. The van der Waals surface area contributed by atoms with Crippen molar-refractivity contribution in [2.24, 2.45) is 0 Å². The Kier molecular flexibility index (Phi) is 7.09. The number of nitrogens with one attached hydrogen (secondary N) is 1. The van der Waals surface area contributed by atoms with Crippen LogP contribution in [0.1, 0.15) is 21.5 Å². The van der Waals surface area contributed by atoms with E-state index in [0.717, 1.165) is 11.1 Å². The third-order valence-electron chi connectivity index (χ3n) is 5.10. The van der Waals surface area contributed by atoms with Crippen LogP contribution in [0.15, 0.2) is 47.4 Å². The summed E-state index contributed by atoms with van der Waals surface area (Å²) in [5.74, 6) is -0.901. The average molecular weight is 446 g/mol. The number of hydrogen-bond acceptors (Lipinski definition) is 5. The molecule has 0 aromatic heterocycles. The summed E-state index contributed by atoms with van der Waals surface area (Å²) in [4.78, 5) is 26.7. The highest BCUT2D eigenvalue weighted by atomic mass is 32.2. The number of hydrogen-bond donors (Lipinski definition) is 1. The van der Waals surface area contributed by atoms with Crippen LogP contribution in [0.3, 0.4) is 0 Å². The lowest BCUT2D eigenvalue weighted by Crippen LogP contribution is -2.42. The largest absolute Gasteiger partial charge is 0.379 e. The number of amides is 2. The predicted molar refractivity (Wildman–Crippen MR) is 118 cm³/mol. The molecule has 3 rings (SSSR count). The molecule has 0 aliphatic carbocycles. The molecule has 2 aromatic carbocycles. The Morgan fingerprint density at radius 1 is 1.10 bits per heavy atom. The number of carbonyl (C=O) groups is 2. The van der Waals surface area contributed by atoms with E-state index in [1.165, 1.54) is 28.4 Å². The maximum Gasteiger partial charge on any atom is 0.255 e. The maximum absolute atomic E-state index is 13.1. The van der Waals surface area contributed by atoms with E-state index < -0.39 is 15.9 Å². The van der Waals surface area contributed by atoms with Crippen molar-refractivity contribution in [1.29, 1.82) is 0 Å². The van der Waals surface area contributed by atoms with E-state index >= 15 is 0 Å². The Morgan fingerprint density at radius 3 is 2.48 bits per heavy atom. The molecule has 0 spiro atoms. The van der Waals surface area contributed by atoms with Crippen molar-refractivity contribution >= 4 is 27.5 Å². The molecule has 31 heavy (non-hydrogen) atoms. The van der Waals surface area contributed by atoms with Crippen LogP contribution in [0, 0.1) is 13.8 Å². The molecule has 8 nitrogen and oxygen atoms in total. The third kappa shape index (κ3) is 5.30. The molecular formula is C22H27N3O5S. The number of aryl methyl sites for hydroxylation is 2. The topological polar surface area (TPSA) is 96.0 Å². The highest BCUT2D eigenvalue weighted by molar-refractivity contribution is 7.89. The van der Waals surface area contributed by atoms with Crippen molar-refractivity contribution < 1.29 is 22.7 Å². The fourth-order valence-corrected chi connectivity index (χ4v) is 4.94. The van der Waals surface area contributed by atoms with Crippen LogP contribution in [-0.2, 0) is 19.6 Å². The summed E-state index contributed by atoms with van der Waals surface area (Å²) in [6.07, 6.45) is 0. The second kappa shape index (κ2) is 9.59. The van der Waals surface area contributed by atoms with Gasteiger partial charge in [-0.2, -0.15) is 4.31 Å². The predicted octanol–water partition coefficient (Wildman–Crippen LogP) is 2.04. The van der Waals surface area contributed by atoms with Crippen molar-refractivity contribution in [1.82, 2.24) is 9.21 Å². The monoisotopic (exact) mass is 445 g/mol. The first-order valence-corrected chi connectivity index (χ1v) is 11.4. The van der Waals surface area contributed by atoms with Gasteiger partial charge >= 0.3 is 0 Å². The Bertz CT molecular complexity index is 1080. The van der Waals surface area contributed by atoms with Crippen molar-refractivity contribution in [3.8, 4) is 0 Å². The molecule has 1 N–H and O–H groups in total. The minimum atomic E-state index is -3.85. The number of sulfonamides is 1. The number of anilines is 1. The summed E-state index contributed by atoms with van der Waals surface area (Å²) in [6.45, 7) is 4.70. The van der Waals surface area contributed by atoms with Gasteiger partial charge in [-0.3, -0.25) is 9.59 Å². The van der Waals surface area contributed by atoms with E-state index in [-0.39, 0.29) is 36.0 Å². The first-order valence-electron chi connectivity index (χ1n) is 9.99. The molecule has 2 amide bonds. The molecule has 0 bridgehead atoms. The van der Waals surface area contributed by atoms with Gasteiger partial charge in [0.1, 0.15) is 0 Å². The lowest BCUT2D eigenvalue weighted by Gasteiger charge is -2.27. The first kappa shape index (κ1) is 22.9. The van der Waals surface area contributed by atoms with E-state index in [1.807, 2.05) is 32.0 Å². The van der Waals surface area contributed by atoms with Gasteiger partial charge in [-0.25, -0.2) is 8.42 Å². The van der Waals surface area contributed by atoms with Crippen molar-refractivity contribution in [2.45, 2.75) is 18.7 Å². The zero-order valence-corrected chi connectivity index (χ0v) is 18.7. The van der Waals surface area contributed by atoms with E-state index in [1.54, 1.807) is 12.1 Å². The summed E-state index contributed by atoms with van der Waals surface area (Å²) in [6, 6.07) is 11.8. The van der Waals surface area contributed by atoms with Gasteiger partial charge in [0.15, 0.2) is 0 Å². The fourth-order valence-electron chi connectivity index (χ4n) is 3.35. The Hall–Kier alpha value is -2.75. The number of ether oxygens (including phenoxy) is 1. The van der Waals surface area contributed by atoms with Gasteiger partial charge in [-0.1, -0.05) is 24.3 Å². The van der Waals surface area contributed by atoms with E-state index in [2.05, 4.69) is 5.32 Å². The third-order valence-corrected chi connectivity index (χ3v) is 7.06. The molecule has 2 aromatic rings. The van der Waals surface area contributed by atoms with Gasteiger partial charge < -0.3 is 15.0 Å². The van der Waals surface area contributed by atoms with Gasteiger partial charge in [0.05, 0.1) is 30.2 Å². The fraction of sp³-hybridized carbons (Fsp3) is 0.364. The summed E-state index contributed by atoms with van der Waals surface area (Å²) < 4.78 is 32.7. The molecule has 1 fully saturated rings. The summed E-state index contributed by atoms with van der Waals surface area (Å²) in [5.41, 5.74) is 2.64. The molecule has 0 radical (unpaired) electrons. The van der Waals surface area contributed by atoms with E-state index in [9.17, 15) is 18.0 Å². The summed E-state index contributed by atoms with van der Waals surface area (Å²) in [5, 5.41) is 2.81. The van der Waals surface area contributed by atoms with Crippen molar-refractivity contribution in [3.63, 3.8) is 0 Å². The zero-order valence-electron chi connectivity index (χ0n) is 17.9. The van der Waals surface area contributed by atoms with Crippen LogP contribution in [0.4, 0.5) is 5.69 Å². The number of carbonyl (C=O) groups excluding carboxylic acids is 2. The van der Waals surface area contributed by atoms with Gasteiger partial charge in [0, 0.05) is 25.8 Å². The molecule has 0 unspecified atom stereocenters. The quantitative estimate of drug-likeness (QED) is 0.734. The summed E-state index contributed by atoms with van der Waals surface area (Å²) in [7, 11) is -2.38. The SMILES string of the molecule is Cc1ccc(C)c(NC(=O)CN(C)C(=O)c2ccccc2S(=O)(=O)N2CCOCC2)c1. The van der Waals surface area contributed by atoms with Crippen LogP contribution in [0.25, 0.3) is 0 Å². The van der Waals surface area contributed by atoms with Gasteiger partial charge in [-0.05, 0) is 43.2 Å². The number of likely N-dealkylation sites (N-methyl/N-ethyl adjacent to an activating group) is 1. The molecule has 0 saturated carbocycles. The lowest BCUT2D eigenvalue weighted by molar-refractivity contribution is -0.116. The minimum absolute atomic E-state index is 0.0380. The number of rotatable bonds is 6. The summed E-state index contributed by atoms with van der Waals surface area (Å²) >= 11 is 0. The van der Waals surface area contributed by atoms with Crippen LogP contribution in [0.2, 0.25) is 0 Å². The molecule has 0 atom stereocenters. The Balaban J connectivity index is 1.76. The van der Waals surface area contributed by atoms with Crippen molar-refractivity contribution in [2.75, 3.05) is 45.2 Å². The van der Waals surface area contributed by atoms with E-state index in [4.69, 9.17) is 4.74 Å². The van der Waals surface area contributed by atoms with Crippen LogP contribution < -0.4 is 5.32 Å². The number of morpholine rings is 1. The molecule has 1 aliphatic heterocycles. The molecule has 1 saturated heterocycles. The maximum atomic E-state index is 13.1. The second-order valence-corrected chi connectivity index (χ2v) is 9.45. The normalized spacial score (nSPS) is 14.8. The molecule has 1 heterocycles. The van der Waals surface area contributed by atoms with Crippen LogP contribution in [-0.4, -0.2) is 69.3 Å². The van der Waals surface area contributed by atoms with Crippen LogP contribution in [0.5, 0.6) is 0 Å². The smallest absolute Gasteiger partial charge is 0.255 e. The minimum Gasteiger partial charge on any atom is -0.379 e. The van der Waals surface area contributed by atoms with Crippen LogP contribution >= 0.6 is 0 Å². The lowest BCUT2D eigenvalue weighted by atomic mass is 10.1. The van der Waals surface area contributed by atoms with E-state index in [0.29, 0.717) is 18.9 Å². The number of benzene rings is 2. The highest BCUT2D eigenvalue weighted by Crippen LogP contribution is 2.22. The molecule has 1 aliphatic rings. The second-order valence-electron chi connectivity index (χ2n) is 7.54. The van der Waals surface area contributed by atoms with Gasteiger partial charge in [0.2, 0.25) is 15.9 Å². The average Bonchev–Trinajstić information content (AvgIpc) is 2.76. The number of nitrogens with zero attached hydrogens (tertiary/aromatic N) is 2.